The smallest absolute Gasteiger partial charge is 0.344 e. The van der Waals surface area contributed by atoms with Gasteiger partial charge in [-0.2, -0.15) is 0 Å². The van der Waals surface area contributed by atoms with Crippen LogP contribution in [0.4, 0.5) is 5.82 Å². The number of anilines is 1. The molecular formula is C22H22N4O3. The number of para-hydroxylation sites is 2. The predicted molar refractivity (Wildman–Crippen MR) is 112 cm³/mol. The minimum atomic E-state index is -0.534. The first-order valence-corrected chi connectivity index (χ1v) is 9.36. The van der Waals surface area contributed by atoms with Crippen LogP contribution in [0.5, 0.6) is 0 Å². The summed E-state index contributed by atoms with van der Waals surface area (Å²) >= 11 is 0. The van der Waals surface area contributed by atoms with Gasteiger partial charge in [0.1, 0.15) is 23.0 Å². The van der Waals surface area contributed by atoms with Crippen LogP contribution in [0.3, 0.4) is 0 Å². The number of aromatic nitrogens is 3. The monoisotopic (exact) mass is 390 g/mol. The Morgan fingerprint density at radius 3 is 2.41 bits per heavy atom. The van der Waals surface area contributed by atoms with Gasteiger partial charge in [0, 0.05) is 7.11 Å². The van der Waals surface area contributed by atoms with E-state index in [1.807, 2.05) is 59.2 Å². The van der Waals surface area contributed by atoms with E-state index in [-0.39, 0.29) is 11.4 Å². The highest BCUT2D eigenvalue weighted by molar-refractivity contribution is 6.08. The average molecular weight is 390 g/mol. The quantitative estimate of drug-likeness (QED) is 0.507. The largest absolute Gasteiger partial charge is 0.456 e. The van der Waals surface area contributed by atoms with E-state index in [0.717, 1.165) is 11.1 Å². The van der Waals surface area contributed by atoms with E-state index < -0.39 is 12.1 Å². The number of nitrogens with zero attached hydrogens (tertiary/aromatic N) is 3. The predicted octanol–water partition coefficient (Wildman–Crippen LogP) is 3.41. The summed E-state index contributed by atoms with van der Waals surface area (Å²) in [6.07, 6.45) is -0.409. The second-order valence-electron chi connectivity index (χ2n) is 6.89. The highest BCUT2D eigenvalue weighted by Crippen LogP contribution is 2.29. The molecule has 0 spiro atoms. The number of ether oxygens (including phenoxy) is 2. The van der Waals surface area contributed by atoms with Crippen molar-refractivity contribution < 1.29 is 14.3 Å². The Hall–Kier alpha value is -3.45. The minimum absolute atomic E-state index is 0.233. The van der Waals surface area contributed by atoms with Gasteiger partial charge in [0.05, 0.1) is 24.2 Å². The molecule has 1 unspecified atom stereocenters. The van der Waals surface area contributed by atoms with Crippen LogP contribution in [0.25, 0.3) is 22.2 Å². The fourth-order valence-corrected chi connectivity index (χ4v) is 3.35. The Kier molecular flexibility index (Phi) is 5.14. The van der Waals surface area contributed by atoms with E-state index in [0.29, 0.717) is 29.8 Å². The maximum Gasteiger partial charge on any atom is 0.344 e. The lowest BCUT2D eigenvalue weighted by atomic mass is 10.2. The van der Waals surface area contributed by atoms with Gasteiger partial charge in [-0.1, -0.05) is 42.5 Å². The number of methoxy groups -OCH3 is 1. The summed E-state index contributed by atoms with van der Waals surface area (Å²) in [7, 11) is 1.56. The summed E-state index contributed by atoms with van der Waals surface area (Å²) in [4.78, 5) is 22.3. The number of hydrogen-bond donors (Lipinski definition) is 1. The molecule has 0 saturated carbocycles. The van der Waals surface area contributed by atoms with Crippen molar-refractivity contribution in [3.05, 3.63) is 65.7 Å². The van der Waals surface area contributed by atoms with Crippen molar-refractivity contribution in [1.82, 2.24) is 14.5 Å². The van der Waals surface area contributed by atoms with Crippen LogP contribution in [-0.2, 0) is 16.0 Å². The molecule has 2 N–H and O–H groups in total. The lowest BCUT2D eigenvalue weighted by molar-refractivity contribution is 0.0123. The Morgan fingerprint density at radius 1 is 1.07 bits per heavy atom. The third kappa shape index (κ3) is 3.64. The maximum absolute atomic E-state index is 12.9. The fraction of sp³-hybridized carbons (Fsp3) is 0.227. The van der Waals surface area contributed by atoms with E-state index in [4.69, 9.17) is 20.2 Å². The number of carbonyl (C=O) groups excluding carboxylic acids is 1. The number of nitrogen functional groups attached to an aromatic ring is 1. The van der Waals surface area contributed by atoms with Crippen LogP contribution in [0.2, 0.25) is 0 Å². The molecule has 0 aliphatic carbocycles. The van der Waals surface area contributed by atoms with E-state index >= 15 is 0 Å². The number of hydrogen-bond acceptors (Lipinski definition) is 6. The molecule has 1 atom stereocenters. The van der Waals surface area contributed by atoms with Crippen LogP contribution >= 0.6 is 0 Å². The number of esters is 1. The van der Waals surface area contributed by atoms with Gasteiger partial charge in [-0.3, -0.25) is 0 Å². The third-order valence-electron chi connectivity index (χ3n) is 4.69. The van der Waals surface area contributed by atoms with Crippen molar-refractivity contribution in [3.63, 3.8) is 0 Å². The standard InChI is InChI=1S/C22H22N4O3/c1-14(13-28-2)29-22(27)18-19-21(25-17-11-7-6-10-16(17)24-19)26(20(18)23)12-15-8-4-3-5-9-15/h3-11,14H,12-13,23H2,1-2H3. The molecule has 0 aliphatic rings. The highest BCUT2D eigenvalue weighted by atomic mass is 16.6. The minimum Gasteiger partial charge on any atom is -0.456 e. The zero-order valence-electron chi connectivity index (χ0n) is 16.3. The zero-order chi connectivity index (χ0) is 20.4. The van der Waals surface area contributed by atoms with Gasteiger partial charge in [-0.25, -0.2) is 14.8 Å². The summed E-state index contributed by atoms with van der Waals surface area (Å²) < 4.78 is 12.4. The van der Waals surface area contributed by atoms with Gasteiger partial charge in [-0.05, 0) is 24.6 Å². The van der Waals surface area contributed by atoms with Gasteiger partial charge >= 0.3 is 5.97 Å². The summed E-state index contributed by atoms with van der Waals surface area (Å²) in [5.74, 6) is -0.248. The molecule has 0 amide bonds. The van der Waals surface area contributed by atoms with Crippen LogP contribution in [0, 0.1) is 0 Å². The van der Waals surface area contributed by atoms with Gasteiger partial charge < -0.3 is 19.8 Å². The van der Waals surface area contributed by atoms with E-state index in [1.165, 1.54) is 0 Å². The van der Waals surface area contributed by atoms with Crippen molar-refractivity contribution in [1.29, 1.82) is 0 Å². The molecule has 0 bridgehead atoms. The third-order valence-corrected chi connectivity index (χ3v) is 4.69. The summed E-state index contributed by atoms with van der Waals surface area (Å²) in [6, 6.07) is 17.4. The molecule has 0 fully saturated rings. The maximum atomic E-state index is 12.9. The molecular weight excluding hydrogens is 368 g/mol. The molecule has 0 radical (unpaired) electrons. The van der Waals surface area contributed by atoms with Crippen molar-refractivity contribution in [2.45, 2.75) is 19.6 Å². The number of rotatable bonds is 6. The number of fused-ring (bicyclic) bond motifs is 2. The second-order valence-corrected chi connectivity index (χ2v) is 6.89. The van der Waals surface area contributed by atoms with Crippen LogP contribution < -0.4 is 5.73 Å². The Morgan fingerprint density at radius 2 is 1.72 bits per heavy atom. The molecule has 0 aliphatic heterocycles. The van der Waals surface area contributed by atoms with Gasteiger partial charge in [0.15, 0.2) is 5.65 Å². The zero-order valence-corrected chi connectivity index (χ0v) is 16.3. The molecule has 4 rings (SSSR count). The van der Waals surface area contributed by atoms with Crippen molar-refractivity contribution in [2.24, 2.45) is 0 Å². The summed E-state index contributed by atoms with van der Waals surface area (Å²) in [5, 5.41) is 0. The lowest BCUT2D eigenvalue weighted by Crippen LogP contribution is -2.20. The highest BCUT2D eigenvalue weighted by Gasteiger charge is 2.26. The summed E-state index contributed by atoms with van der Waals surface area (Å²) in [5.41, 5.74) is 10.1. The first-order valence-electron chi connectivity index (χ1n) is 9.36. The number of benzene rings is 2. The Bertz CT molecular complexity index is 1170. The SMILES string of the molecule is COCC(C)OC(=O)c1c(N)n(Cc2ccccc2)c2nc3ccccc3nc12. The van der Waals surface area contributed by atoms with Crippen molar-refractivity contribution in [3.8, 4) is 0 Å². The Balaban J connectivity index is 1.88. The molecule has 7 heteroatoms. The summed E-state index contributed by atoms with van der Waals surface area (Å²) in [6.45, 7) is 2.53. The van der Waals surface area contributed by atoms with Crippen molar-refractivity contribution >= 4 is 34.0 Å². The molecule has 0 saturated heterocycles. The van der Waals surface area contributed by atoms with E-state index in [9.17, 15) is 4.79 Å². The topological polar surface area (TPSA) is 92.3 Å². The van der Waals surface area contributed by atoms with Crippen molar-refractivity contribution in [2.75, 3.05) is 19.5 Å². The first kappa shape index (κ1) is 18.9. The molecule has 29 heavy (non-hydrogen) atoms. The fourth-order valence-electron chi connectivity index (χ4n) is 3.35. The number of nitrogens with two attached hydrogens (primary N) is 1. The van der Waals surface area contributed by atoms with Gasteiger partial charge in [0.2, 0.25) is 0 Å². The average Bonchev–Trinajstić information content (AvgIpc) is 2.98. The van der Waals surface area contributed by atoms with E-state index in [2.05, 4.69) is 4.98 Å². The second kappa shape index (κ2) is 7.89. The normalized spacial score (nSPS) is 12.3. The van der Waals surface area contributed by atoms with Crippen LogP contribution in [-0.4, -0.2) is 40.3 Å². The molecule has 2 aromatic heterocycles. The van der Waals surface area contributed by atoms with Gasteiger partial charge in [0.25, 0.3) is 0 Å². The molecule has 2 heterocycles. The van der Waals surface area contributed by atoms with Crippen LogP contribution in [0.1, 0.15) is 22.8 Å². The van der Waals surface area contributed by atoms with Crippen LogP contribution in [0.15, 0.2) is 54.6 Å². The molecule has 2 aromatic carbocycles. The first-order chi connectivity index (χ1) is 14.1. The lowest BCUT2D eigenvalue weighted by Gasteiger charge is -2.12. The molecule has 4 aromatic rings. The van der Waals surface area contributed by atoms with Gasteiger partial charge in [-0.15, -0.1) is 0 Å². The molecule has 7 nitrogen and oxygen atoms in total. The molecule has 148 valence electrons. The number of carbonyl (C=O) groups is 1. The Labute approximate surface area is 168 Å². The van der Waals surface area contributed by atoms with E-state index in [1.54, 1.807) is 14.0 Å².